The molecule has 1 unspecified atom stereocenters. The maximum Gasteiger partial charge on any atom is 0.282 e. The molecule has 142 valence electrons. The van der Waals surface area contributed by atoms with Crippen molar-refractivity contribution in [3.05, 3.63) is 68.7 Å². The number of carbonyl (C=O) groups is 1. The quantitative estimate of drug-likeness (QED) is 0.591. The highest BCUT2D eigenvalue weighted by molar-refractivity contribution is 6.35. The van der Waals surface area contributed by atoms with Crippen LogP contribution in [0.15, 0.2) is 41.2 Å². The van der Waals surface area contributed by atoms with E-state index in [1.165, 1.54) is 5.56 Å². The van der Waals surface area contributed by atoms with E-state index in [0.29, 0.717) is 29.0 Å². The number of aromatic nitrogens is 2. The number of Topliss-reactive ketones (excluding diaryl/α,β-unsaturated/α-hetero) is 1. The number of hydrogen-bond donors (Lipinski definition) is 0. The van der Waals surface area contributed by atoms with Gasteiger partial charge in [0, 0.05) is 12.8 Å². The summed E-state index contributed by atoms with van der Waals surface area (Å²) in [6.07, 6.45) is 3.34. The van der Waals surface area contributed by atoms with Crippen LogP contribution in [0, 0.1) is 0 Å². The Labute approximate surface area is 168 Å². The van der Waals surface area contributed by atoms with Crippen molar-refractivity contribution >= 4 is 28.3 Å². The van der Waals surface area contributed by atoms with Crippen LogP contribution < -0.4 is 5.56 Å². The Hall–Kier alpha value is -2.46. The van der Waals surface area contributed by atoms with Crippen LogP contribution in [0.25, 0.3) is 16.6 Å². The molecule has 1 atom stereocenters. The smallest absolute Gasteiger partial charge is 0.282 e. The molecule has 5 rings (SSSR count). The van der Waals surface area contributed by atoms with Crippen molar-refractivity contribution in [1.29, 1.82) is 0 Å². The second kappa shape index (κ2) is 6.02. The van der Waals surface area contributed by atoms with Gasteiger partial charge < -0.3 is 0 Å². The average Bonchev–Trinajstić information content (AvgIpc) is 2.89. The van der Waals surface area contributed by atoms with Gasteiger partial charge in [0.25, 0.3) is 5.56 Å². The molecule has 1 aromatic heterocycles. The minimum Gasteiger partial charge on any atom is -0.300 e. The van der Waals surface area contributed by atoms with Gasteiger partial charge in [0.05, 0.1) is 27.0 Å². The zero-order chi connectivity index (χ0) is 19.6. The van der Waals surface area contributed by atoms with E-state index >= 15 is 0 Å². The molecule has 28 heavy (non-hydrogen) atoms. The van der Waals surface area contributed by atoms with E-state index in [1.807, 2.05) is 12.1 Å². The highest BCUT2D eigenvalue weighted by Gasteiger charge is 2.39. The standard InChI is InChI=1S/C23H21ClN2O2/c1-23(2)16-12-14(13-5-3-6-15(27)11-13)9-10-18(16)26-19-8-4-7-17(24)20(19)21(28)25-22(23)26/h4,7-10,12-13H,3,5-6,11H2,1-2H3. The van der Waals surface area contributed by atoms with E-state index in [-0.39, 0.29) is 11.5 Å². The van der Waals surface area contributed by atoms with Gasteiger partial charge in [-0.05, 0) is 61.9 Å². The molecule has 4 nitrogen and oxygen atoms in total. The number of ketones is 1. The molecule has 5 heteroatoms. The van der Waals surface area contributed by atoms with Gasteiger partial charge in [0.1, 0.15) is 11.6 Å². The molecule has 3 aromatic rings. The molecule has 2 aromatic carbocycles. The second-order valence-electron chi connectivity index (χ2n) is 8.44. The zero-order valence-corrected chi connectivity index (χ0v) is 16.7. The van der Waals surface area contributed by atoms with Gasteiger partial charge in [0.15, 0.2) is 0 Å². The van der Waals surface area contributed by atoms with Crippen LogP contribution in [0.3, 0.4) is 0 Å². The summed E-state index contributed by atoms with van der Waals surface area (Å²) in [6, 6.07) is 12.0. The van der Waals surface area contributed by atoms with Crippen molar-refractivity contribution in [3.8, 4) is 5.69 Å². The van der Waals surface area contributed by atoms with E-state index in [0.717, 1.165) is 35.4 Å². The summed E-state index contributed by atoms with van der Waals surface area (Å²) < 4.78 is 2.06. The summed E-state index contributed by atoms with van der Waals surface area (Å²) >= 11 is 6.32. The lowest BCUT2D eigenvalue weighted by Crippen LogP contribution is -2.24. The Bertz CT molecular complexity index is 1210. The predicted octanol–water partition coefficient (Wildman–Crippen LogP) is 4.91. The van der Waals surface area contributed by atoms with Gasteiger partial charge in [-0.3, -0.25) is 14.2 Å². The van der Waals surface area contributed by atoms with Crippen LogP contribution in [-0.2, 0) is 10.2 Å². The van der Waals surface area contributed by atoms with Crippen molar-refractivity contribution in [3.63, 3.8) is 0 Å². The fourth-order valence-corrected chi connectivity index (χ4v) is 5.07. The molecule has 2 heterocycles. The van der Waals surface area contributed by atoms with Crippen LogP contribution in [0.5, 0.6) is 0 Å². The third-order valence-corrected chi connectivity index (χ3v) is 6.63. The number of carbonyl (C=O) groups excluding carboxylic acids is 1. The Morgan fingerprint density at radius 1 is 1.18 bits per heavy atom. The van der Waals surface area contributed by atoms with E-state index in [2.05, 4.69) is 41.6 Å². The number of nitrogens with zero attached hydrogens (tertiary/aromatic N) is 2. The third kappa shape index (κ3) is 2.40. The molecular weight excluding hydrogens is 372 g/mol. The first-order valence-corrected chi connectivity index (χ1v) is 10.1. The first kappa shape index (κ1) is 17.6. The molecule has 1 aliphatic carbocycles. The van der Waals surface area contributed by atoms with Gasteiger partial charge in [-0.1, -0.05) is 29.8 Å². The summed E-state index contributed by atoms with van der Waals surface area (Å²) in [4.78, 5) is 29.1. The largest absolute Gasteiger partial charge is 0.300 e. The zero-order valence-electron chi connectivity index (χ0n) is 16.0. The highest BCUT2D eigenvalue weighted by atomic mass is 35.5. The molecular formula is C23H21ClN2O2. The van der Waals surface area contributed by atoms with Crippen molar-refractivity contribution in [2.24, 2.45) is 0 Å². The van der Waals surface area contributed by atoms with Gasteiger partial charge in [-0.25, -0.2) is 0 Å². The lowest BCUT2D eigenvalue weighted by Gasteiger charge is -2.24. The van der Waals surface area contributed by atoms with E-state index in [4.69, 9.17) is 11.6 Å². The SMILES string of the molecule is CC1(C)c2cc(C3CCCC(=O)C3)ccc2-n2c1nc(=O)c1c(Cl)cccc12. The first-order valence-electron chi connectivity index (χ1n) is 9.76. The fourth-order valence-electron chi connectivity index (χ4n) is 4.82. The molecule has 2 aliphatic rings. The molecule has 0 bridgehead atoms. The summed E-state index contributed by atoms with van der Waals surface area (Å²) in [7, 11) is 0. The van der Waals surface area contributed by atoms with Crippen molar-refractivity contribution in [1.82, 2.24) is 9.55 Å². The molecule has 0 N–H and O–H groups in total. The van der Waals surface area contributed by atoms with Crippen LogP contribution >= 0.6 is 11.6 Å². The Kier molecular flexibility index (Phi) is 3.79. The number of hydrogen-bond acceptors (Lipinski definition) is 3. The third-order valence-electron chi connectivity index (χ3n) is 6.31. The maximum atomic E-state index is 12.7. The normalized spacial score (nSPS) is 20.2. The minimum atomic E-state index is -0.403. The lowest BCUT2D eigenvalue weighted by molar-refractivity contribution is -0.120. The van der Waals surface area contributed by atoms with Gasteiger partial charge in [-0.15, -0.1) is 0 Å². The lowest BCUT2D eigenvalue weighted by atomic mass is 9.79. The Morgan fingerprint density at radius 2 is 2.00 bits per heavy atom. The topological polar surface area (TPSA) is 52.0 Å². The highest BCUT2D eigenvalue weighted by Crippen LogP contribution is 2.45. The fraction of sp³-hybridized carbons (Fsp3) is 0.348. The van der Waals surface area contributed by atoms with Crippen molar-refractivity contribution < 1.29 is 4.79 Å². The van der Waals surface area contributed by atoms with Crippen LogP contribution in [0.4, 0.5) is 0 Å². The van der Waals surface area contributed by atoms with Crippen LogP contribution in [-0.4, -0.2) is 15.3 Å². The second-order valence-corrected chi connectivity index (χ2v) is 8.85. The molecule has 1 saturated carbocycles. The molecule has 0 saturated heterocycles. The number of benzene rings is 2. The van der Waals surface area contributed by atoms with Gasteiger partial charge in [-0.2, -0.15) is 4.98 Å². The number of rotatable bonds is 1. The summed E-state index contributed by atoms with van der Waals surface area (Å²) in [5.41, 5.74) is 3.48. The van der Waals surface area contributed by atoms with Crippen LogP contribution in [0.2, 0.25) is 5.02 Å². The predicted molar refractivity (Wildman–Crippen MR) is 111 cm³/mol. The van der Waals surface area contributed by atoms with Crippen molar-refractivity contribution in [2.45, 2.75) is 50.9 Å². The molecule has 0 amide bonds. The number of fused-ring (bicyclic) bond motifs is 5. The molecule has 0 radical (unpaired) electrons. The Morgan fingerprint density at radius 3 is 2.79 bits per heavy atom. The van der Waals surface area contributed by atoms with E-state index < -0.39 is 5.41 Å². The first-order chi connectivity index (χ1) is 13.4. The Balaban J connectivity index is 1.75. The van der Waals surface area contributed by atoms with Gasteiger partial charge >= 0.3 is 0 Å². The monoisotopic (exact) mass is 392 g/mol. The summed E-state index contributed by atoms with van der Waals surface area (Å²) in [5, 5.41) is 0.882. The van der Waals surface area contributed by atoms with Crippen LogP contribution in [0.1, 0.15) is 62.4 Å². The van der Waals surface area contributed by atoms with Gasteiger partial charge in [0.2, 0.25) is 0 Å². The molecule has 1 aliphatic heterocycles. The molecule has 0 spiro atoms. The summed E-state index contributed by atoms with van der Waals surface area (Å²) in [5.74, 6) is 1.37. The van der Waals surface area contributed by atoms with Crippen molar-refractivity contribution in [2.75, 3.05) is 0 Å². The number of halogens is 1. The van der Waals surface area contributed by atoms with E-state index in [1.54, 1.807) is 6.07 Å². The van der Waals surface area contributed by atoms with E-state index in [9.17, 15) is 9.59 Å². The maximum absolute atomic E-state index is 12.7. The minimum absolute atomic E-state index is 0.283. The average molecular weight is 393 g/mol. The molecule has 1 fully saturated rings. The summed E-state index contributed by atoms with van der Waals surface area (Å²) in [6.45, 7) is 4.20.